The van der Waals surface area contributed by atoms with Crippen LogP contribution in [-0.4, -0.2) is 24.3 Å². The molecule has 0 spiro atoms. The lowest BCUT2D eigenvalue weighted by Crippen LogP contribution is -2.42. The lowest BCUT2D eigenvalue weighted by molar-refractivity contribution is 0.163. The van der Waals surface area contributed by atoms with E-state index in [9.17, 15) is 9.18 Å². The lowest BCUT2D eigenvalue weighted by atomic mass is 9.79. The van der Waals surface area contributed by atoms with Gasteiger partial charge in [0.25, 0.3) is 0 Å². The van der Waals surface area contributed by atoms with E-state index >= 15 is 0 Å². The van der Waals surface area contributed by atoms with Crippen LogP contribution in [0.5, 0.6) is 0 Å². The lowest BCUT2D eigenvalue weighted by Gasteiger charge is -2.31. The van der Waals surface area contributed by atoms with E-state index in [1.165, 1.54) is 12.1 Å². The summed E-state index contributed by atoms with van der Waals surface area (Å²) in [6, 6.07) is 5.78. The zero-order valence-corrected chi connectivity index (χ0v) is 12.8. The molecule has 0 saturated carbocycles. The molecule has 5 heteroatoms. The molecular formula is C16H25FN2O2. The minimum atomic E-state index is -0.289. The third kappa shape index (κ3) is 5.71. The molecule has 0 bridgehead atoms. The molecule has 0 unspecified atom stereocenters. The van der Waals surface area contributed by atoms with E-state index in [1.807, 2.05) is 0 Å². The van der Waals surface area contributed by atoms with Gasteiger partial charge in [-0.05, 0) is 42.4 Å². The van der Waals surface area contributed by atoms with Crippen molar-refractivity contribution in [2.45, 2.75) is 39.7 Å². The van der Waals surface area contributed by atoms with Crippen LogP contribution in [0.4, 0.5) is 9.18 Å². The molecule has 0 aliphatic carbocycles. The van der Waals surface area contributed by atoms with Gasteiger partial charge in [-0.15, -0.1) is 0 Å². The zero-order valence-electron chi connectivity index (χ0n) is 12.8. The summed E-state index contributed by atoms with van der Waals surface area (Å²) in [5.41, 5.74) is 0.793. The van der Waals surface area contributed by atoms with Crippen LogP contribution in [0, 0.1) is 11.2 Å². The summed E-state index contributed by atoms with van der Waals surface area (Å²) in [4.78, 5) is 11.8. The second-order valence-corrected chi connectivity index (χ2v) is 5.34. The Morgan fingerprint density at radius 1 is 1.19 bits per heavy atom. The van der Waals surface area contributed by atoms with Gasteiger partial charge in [-0.2, -0.15) is 0 Å². The van der Waals surface area contributed by atoms with E-state index in [-0.39, 0.29) is 23.9 Å². The van der Waals surface area contributed by atoms with Gasteiger partial charge in [-0.3, -0.25) is 0 Å². The molecule has 0 aliphatic heterocycles. The second-order valence-electron chi connectivity index (χ2n) is 5.34. The van der Waals surface area contributed by atoms with E-state index in [2.05, 4.69) is 24.5 Å². The normalized spacial score (nSPS) is 11.2. The summed E-state index contributed by atoms with van der Waals surface area (Å²) in [6.07, 6.45) is 2.49. The predicted octanol–water partition coefficient (Wildman–Crippen LogP) is 2.81. The van der Waals surface area contributed by atoms with Gasteiger partial charge in [-0.25, -0.2) is 9.18 Å². The quantitative estimate of drug-likeness (QED) is 0.691. The number of amides is 2. The SMILES string of the molecule is CCC(CC)(CCO)CNC(=O)NCc1ccc(F)cc1. The Morgan fingerprint density at radius 2 is 1.81 bits per heavy atom. The maximum atomic E-state index is 12.8. The number of hydrogen-bond acceptors (Lipinski definition) is 2. The Labute approximate surface area is 125 Å². The monoisotopic (exact) mass is 296 g/mol. The van der Waals surface area contributed by atoms with Gasteiger partial charge in [0.05, 0.1) is 0 Å². The van der Waals surface area contributed by atoms with Gasteiger partial charge in [0.2, 0.25) is 0 Å². The fraction of sp³-hybridized carbons (Fsp3) is 0.562. The number of rotatable bonds is 8. The molecule has 0 radical (unpaired) electrons. The highest BCUT2D eigenvalue weighted by Gasteiger charge is 2.25. The number of halogens is 1. The molecule has 1 rings (SSSR count). The van der Waals surface area contributed by atoms with Gasteiger partial charge < -0.3 is 15.7 Å². The molecule has 21 heavy (non-hydrogen) atoms. The summed E-state index contributed by atoms with van der Waals surface area (Å²) in [5.74, 6) is -0.289. The maximum absolute atomic E-state index is 12.8. The van der Waals surface area contributed by atoms with Crippen molar-refractivity contribution in [3.05, 3.63) is 35.6 Å². The molecule has 0 aromatic heterocycles. The highest BCUT2D eigenvalue weighted by atomic mass is 19.1. The maximum Gasteiger partial charge on any atom is 0.315 e. The van der Waals surface area contributed by atoms with Crippen LogP contribution in [0.1, 0.15) is 38.7 Å². The van der Waals surface area contributed by atoms with Gasteiger partial charge in [0.1, 0.15) is 5.82 Å². The van der Waals surface area contributed by atoms with Crippen molar-refractivity contribution in [2.75, 3.05) is 13.2 Å². The first-order chi connectivity index (χ1) is 10.0. The fourth-order valence-corrected chi connectivity index (χ4v) is 2.29. The molecule has 4 nitrogen and oxygen atoms in total. The summed E-state index contributed by atoms with van der Waals surface area (Å²) in [7, 11) is 0. The van der Waals surface area contributed by atoms with E-state index in [0.29, 0.717) is 19.5 Å². The third-order valence-corrected chi connectivity index (χ3v) is 4.13. The van der Waals surface area contributed by atoms with Crippen LogP contribution in [0.2, 0.25) is 0 Å². The highest BCUT2D eigenvalue weighted by Crippen LogP contribution is 2.29. The molecule has 1 aromatic rings. The summed E-state index contributed by atoms with van der Waals surface area (Å²) >= 11 is 0. The Bertz CT molecular complexity index is 430. The van der Waals surface area contributed by atoms with E-state index in [4.69, 9.17) is 5.11 Å². The van der Waals surface area contributed by atoms with Crippen molar-refractivity contribution in [1.29, 1.82) is 0 Å². The smallest absolute Gasteiger partial charge is 0.315 e. The second kappa shape index (κ2) is 8.62. The minimum Gasteiger partial charge on any atom is -0.396 e. The topological polar surface area (TPSA) is 61.4 Å². The summed E-state index contributed by atoms with van der Waals surface area (Å²) in [6.45, 7) is 5.16. The molecule has 0 atom stereocenters. The minimum absolute atomic E-state index is 0.0536. The van der Waals surface area contributed by atoms with Crippen LogP contribution in [0.25, 0.3) is 0 Å². The van der Waals surface area contributed by atoms with Crippen molar-refractivity contribution in [3.63, 3.8) is 0 Å². The Kier molecular flexibility index (Phi) is 7.15. The van der Waals surface area contributed by atoms with Gasteiger partial charge in [0.15, 0.2) is 0 Å². The molecular weight excluding hydrogens is 271 g/mol. The Balaban J connectivity index is 2.40. The van der Waals surface area contributed by atoms with Crippen LogP contribution in [-0.2, 0) is 6.54 Å². The first-order valence-corrected chi connectivity index (χ1v) is 7.42. The number of carbonyl (C=O) groups is 1. The van der Waals surface area contributed by atoms with Crippen LogP contribution < -0.4 is 10.6 Å². The average Bonchev–Trinajstić information content (AvgIpc) is 2.51. The molecule has 0 fully saturated rings. The van der Waals surface area contributed by atoms with Crippen molar-refractivity contribution >= 4 is 6.03 Å². The van der Waals surface area contributed by atoms with Gasteiger partial charge >= 0.3 is 6.03 Å². The Morgan fingerprint density at radius 3 is 2.33 bits per heavy atom. The standard InChI is InChI=1S/C16H25FN2O2/c1-3-16(4-2,9-10-20)12-19-15(21)18-11-13-5-7-14(17)8-6-13/h5-8,20H,3-4,9-12H2,1-2H3,(H2,18,19,21). The summed E-state index contributed by atoms with van der Waals surface area (Å²) in [5, 5.41) is 14.7. The fourth-order valence-electron chi connectivity index (χ4n) is 2.29. The number of benzene rings is 1. The first kappa shape index (κ1) is 17.4. The van der Waals surface area contributed by atoms with Crippen LogP contribution in [0.15, 0.2) is 24.3 Å². The van der Waals surface area contributed by atoms with Crippen molar-refractivity contribution in [1.82, 2.24) is 10.6 Å². The summed E-state index contributed by atoms with van der Waals surface area (Å²) < 4.78 is 12.8. The first-order valence-electron chi connectivity index (χ1n) is 7.42. The number of aliphatic hydroxyl groups is 1. The van der Waals surface area contributed by atoms with Crippen molar-refractivity contribution in [3.8, 4) is 0 Å². The molecule has 0 heterocycles. The molecule has 0 saturated heterocycles. The molecule has 2 amide bonds. The number of aliphatic hydroxyl groups excluding tert-OH is 1. The number of carbonyl (C=O) groups excluding carboxylic acids is 1. The number of hydrogen-bond donors (Lipinski definition) is 3. The van der Waals surface area contributed by atoms with Crippen molar-refractivity contribution in [2.24, 2.45) is 5.41 Å². The zero-order chi connectivity index (χ0) is 15.7. The molecule has 1 aromatic carbocycles. The number of urea groups is 1. The predicted molar refractivity (Wildman–Crippen MR) is 81.4 cm³/mol. The van der Waals surface area contributed by atoms with Crippen molar-refractivity contribution < 1.29 is 14.3 Å². The van der Waals surface area contributed by atoms with E-state index in [0.717, 1.165) is 18.4 Å². The highest BCUT2D eigenvalue weighted by molar-refractivity contribution is 5.73. The third-order valence-electron chi connectivity index (χ3n) is 4.13. The molecule has 3 N–H and O–H groups in total. The molecule has 118 valence electrons. The number of nitrogens with one attached hydrogen (secondary N) is 2. The molecule has 0 aliphatic rings. The van der Waals surface area contributed by atoms with Gasteiger partial charge in [0, 0.05) is 19.7 Å². The van der Waals surface area contributed by atoms with Gasteiger partial charge in [-0.1, -0.05) is 26.0 Å². The van der Waals surface area contributed by atoms with E-state index < -0.39 is 0 Å². The Hall–Kier alpha value is -1.62. The van der Waals surface area contributed by atoms with Crippen LogP contribution >= 0.6 is 0 Å². The largest absolute Gasteiger partial charge is 0.396 e. The average molecular weight is 296 g/mol. The van der Waals surface area contributed by atoms with Crippen LogP contribution in [0.3, 0.4) is 0 Å². The van der Waals surface area contributed by atoms with E-state index in [1.54, 1.807) is 12.1 Å².